The van der Waals surface area contributed by atoms with Gasteiger partial charge in [0, 0.05) is 30.5 Å². The Morgan fingerprint density at radius 2 is 2.09 bits per heavy atom. The number of phenolic OH excluding ortho intramolecular Hbond substituents is 1. The summed E-state index contributed by atoms with van der Waals surface area (Å²) in [7, 11) is 0. The third-order valence-corrected chi connectivity index (χ3v) is 8.88. The molecule has 6 nitrogen and oxygen atoms in total. The zero-order valence-electron chi connectivity index (χ0n) is 20.1. The van der Waals surface area contributed by atoms with Crippen molar-refractivity contribution >= 4 is 5.97 Å². The molecule has 1 heterocycles. The van der Waals surface area contributed by atoms with Crippen molar-refractivity contribution in [1.29, 1.82) is 0 Å². The van der Waals surface area contributed by atoms with Crippen molar-refractivity contribution < 1.29 is 19.7 Å². The second kappa shape index (κ2) is 8.54. The molecule has 6 heteroatoms. The second-order valence-corrected chi connectivity index (χ2v) is 11.6. The van der Waals surface area contributed by atoms with E-state index < -0.39 is 17.1 Å². The van der Waals surface area contributed by atoms with Crippen LogP contribution in [0.5, 0.6) is 5.75 Å². The molecule has 1 aromatic rings. The standard InChI is InChI=1S/C27H40N2O4/c1-17(2)4-3-5-25(31)33-23-15-26-10-11-29(16-18-6-7-18)24(27(26,32)14-22(23)28)12-19-8-9-20(30)13-21(19)26/h8-9,13,17-18,22-24,30,32H,3-7,10-12,14-16,28H2,1-2H3. The van der Waals surface area contributed by atoms with Crippen LogP contribution in [0.1, 0.15) is 76.3 Å². The van der Waals surface area contributed by atoms with Crippen molar-refractivity contribution in [1.82, 2.24) is 4.90 Å². The first-order chi connectivity index (χ1) is 15.7. The number of esters is 1. The number of aromatic hydroxyl groups is 1. The maximum atomic E-state index is 12.6. The van der Waals surface area contributed by atoms with Crippen LogP contribution in [0.4, 0.5) is 0 Å². The van der Waals surface area contributed by atoms with E-state index in [1.807, 2.05) is 12.1 Å². The van der Waals surface area contributed by atoms with Crippen molar-refractivity contribution in [3.63, 3.8) is 0 Å². The highest BCUT2D eigenvalue weighted by Crippen LogP contribution is 2.59. The number of ether oxygens (including phenoxy) is 1. The van der Waals surface area contributed by atoms with Gasteiger partial charge in [-0.25, -0.2) is 0 Å². The highest BCUT2D eigenvalue weighted by molar-refractivity contribution is 5.69. The van der Waals surface area contributed by atoms with Crippen LogP contribution in [-0.4, -0.2) is 58.0 Å². The van der Waals surface area contributed by atoms with E-state index in [1.54, 1.807) is 6.07 Å². The summed E-state index contributed by atoms with van der Waals surface area (Å²) < 4.78 is 5.96. The van der Waals surface area contributed by atoms with Crippen LogP contribution in [0.2, 0.25) is 0 Å². The molecule has 5 atom stereocenters. The quantitative estimate of drug-likeness (QED) is 0.545. The summed E-state index contributed by atoms with van der Waals surface area (Å²) in [5.41, 5.74) is 7.28. The fourth-order valence-electron chi connectivity index (χ4n) is 6.96. The molecular formula is C27H40N2O4. The molecule has 1 saturated heterocycles. The lowest BCUT2D eigenvalue weighted by atomic mass is 9.48. The van der Waals surface area contributed by atoms with Crippen LogP contribution in [0.15, 0.2) is 18.2 Å². The zero-order valence-corrected chi connectivity index (χ0v) is 20.1. The Hall–Kier alpha value is -1.63. The Morgan fingerprint density at radius 3 is 2.82 bits per heavy atom. The molecule has 5 unspecified atom stereocenters. The molecule has 2 saturated carbocycles. The molecule has 182 valence electrons. The molecule has 1 aromatic carbocycles. The summed E-state index contributed by atoms with van der Waals surface area (Å²) in [6.45, 7) is 6.28. The fraction of sp³-hybridized carbons (Fsp3) is 0.741. The van der Waals surface area contributed by atoms with Crippen molar-refractivity contribution in [3.05, 3.63) is 29.3 Å². The van der Waals surface area contributed by atoms with E-state index >= 15 is 0 Å². The Labute approximate surface area is 197 Å². The number of carbonyl (C=O) groups excluding carboxylic acids is 1. The summed E-state index contributed by atoms with van der Waals surface area (Å²) in [5.74, 6) is 1.35. The lowest BCUT2D eigenvalue weighted by Crippen LogP contribution is -2.76. The van der Waals surface area contributed by atoms with Crippen LogP contribution in [0, 0.1) is 11.8 Å². The van der Waals surface area contributed by atoms with Crippen molar-refractivity contribution in [2.24, 2.45) is 17.6 Å². The summed E-state index contributed by atoms with van der Waals surface area (Å²) in [6, 6.07) is 5.23. The van der Waals surface area contributed by atoms with Gasteiger partial charge >= 0.3 is 5.97 Å². The molecule has 5 rings (SSSR count). The number of piperidine rings is 1. The largest absolute Gasteiger partial charge is 0.508 e. The van der Waals surface area contributed by atoms with Gasteiger partial charge in [-0.3, -0.25) is 9.69 Å². The predicted molar refractivity (Wildman–Crippen MR) is 127 cm³/mol. The number of phenols is 1. The SMILES string of the molecule is CC(C)CCCC(=O)OC1CC23CCN(CC4CC4)C(Cc4ccc(O)cc42)C3(O)CC1N. The van der Waals surface area contributed by atoms with Crippen LogP contribution >= 0.6 is 0 Å². The Kier molecular flexibility index (Phi) is 5.99. The van der Waals surface area contributed by atoms with Gasteiger partial charge in [-0.05, 0) is 86.6 Å². The summed E-state index contributed by atoms with van der Waals surface area (Å²) in [5, 5.41) is 22.7. The van der Waals surface area contributed by atoms with Crippen LogP contribution in [0.25, 0.3) is 0 Å². The predicted octanol–water partition coefficient (Wildman–Crippen LogP) is 3.26. The zero-order chi connectivity index (χ0) is 23.4. The molecule has 2 bridgehead atoms. The van der Waals surface area contributed by atoms with Gasteiger partial charge < -0.3 is 20.7 Å². The smallest absolute Gasteiger partial charge is 0.306 e. The van der Waals surface area contributed by atoms with Gasteiger partial charge in [0.05, 0.1) is 5.60 Å². The van der Waals surface area contributed by atoms with E-state index in [1.165, 1.54) is 18.4 Å². The number of hydrogen-bond donors (Lipinski definition) is 3. The third-order valence-electron chi connectivity index (χ3n) is 8.88. The van der Waals surface area contributed by atoms with E-state index in [4.69, 9.17) is 10.5 Å². The number of fused-ring (bicyclic) bond motifs is 1. The number of benzene rings is 1. The van der Waals surface area contributed by atoms with E-state index in [0.717, 1.165) is 50.3 Å². The lowest BCUT2D eigenvalue weighted by Gasteiger charge is -2.65. The van der Waals surface area contributed by atoms with Crippen LogP contribution in [0.3, 0.4) is 0 Å². The van der Waals surface area contributed by atoms with Gasteiger partial charge in [0.1, 0.15) is 11.9 Å². The van der Waals surface area contributed by atoms with Crippen molar-refractivity contribution in [2.75, 3.05) is 13.1 Å². The molecule has 0 aromatic heterocycles. The lowest BCUT2D eigenvalue weighted by molar-refractivity contribution is -0.196. The number of carbonyl (C=O) groups is 1. The van der Waals surface area contributed by atoms with Crippen molar-refractivity contribution in [2.45, 2.75) is 101 Å². The summed E-state index contributed by atoms with van der Waals surface area (Å²) >= 11 is 0. The van der Waals surface area contributed by atoms with Gasteiger partial charge in [-0.1, -0.05) is 26.3 Å². The number of likely N-dealkylation sites (tertiary alicyclic amines) is 1. The normalized spacial score (nSPS) is 35.7. The van der Waals surface area contributed by atoms with Gasteiger partial charge in [0.15, 0.2) is 0 Å². The molecule has 0 radical (unpaired) electrons. The van der Waals surface area contributed by atoms with E-state index in [-0.39, 0.29) is 23.8 Å². The maximum absolute atomic E-state index is 12.6. The molecule has 4 N–H and O–H groups in total. The summed E-state index contributed by atoms with van der Waals surface area (Å²) in [6.07, 6.45) is 6.88. The first-order valence-electron chi connectivity index (χ1n) is 13.0. The number of nitrogens with zero attached hydrogens (tertiary/aromatic N) is 1. The average molecular weight is 457 g/mol. The molecule has 0 amide bonds. The number of hydrogen-bond acceptors (Lipinski definition) is 6. The van der Waals surface area contributed by atoms with Gasteiger partial charge in [-0.15, -0.1) is 0 Å². The first-order valence-corrected chi connectivity index (χ1v) is 13.0. The minimum atomic E-state index is -0.985. The van der Waals surface area contributed by atoms with E-state index in [0.29, 0.717) is 25.2 Å². The van der Waals surface area contributed by atoms with Crippen LogP contribution < -0.4 is 5.73 Å². The van der Waals surface area contributed by atoms with Gasteiger partial charge in [0.25, 0.3) is 0 Å². The van der Waals surface area contributed by atoms with E-state index in [2.05, 4.69) is 18.7 Å². The maximum Gasteiger partial charge on any atom is 0.306 e. The third kappa shape index (κ3) is 4.08. The number of aliphatic hydroxyl groups is 1. The Balaban J connectivity index is 1.44. The Bertz CT molecular complexity index is 900. The highest BCUT2D eigenvalue weighted by atomic mass is 16.5. The molecule has 4 aliphatic rings. The molecule has 1 aliphatic heterocycles. The molecule has 3 fully saturated rings. The van der Waals surface area contributed by atoms with Crippen molar-refractivity contribution in [3.8, 4) is 5.75 Å². The molecular weight excluding hydrogens is 416 g/mol. The summed E-state index contributed by atoms with van der Waals surface area (Å²) in [4.78, 5) is 15.1. The minimum Gasteiger partial charge on any atom is -0.508 e. The minimum absolute atomic E-state index is 0.0117. The number of nitrogens with two attached hydrogens (primary N) is 1. The Morgan fingerprint density at radius 1 is 1.30 bits per heavy atom. The second-order valence-electron chi connectivity index (χ2n) is 11.6. The fourth-order valence-corrected chi connectivity index (χ4v) is 6.96. The molecule has 0 spiro atoms. The monoisotopic (exact) mass is 456 g/mol. The topological polar surface area (TPSA) is 96.0 Å². The number of rotatable bonds is 7. The average Bonchev–Trinajstić information content (AvgIpc) is 3.55. The molecule has 33 heavy (non-hydrogen) atoms. The highest BCUT2D eigenvalue weighted by Gasteiger charge is 2.66. The molecule has 3 aliphatic carbocycles. The van der Waals surface area contributed by atoms with Gasteiger partial charge in [0.2, 0.25) is 0 Å². The van der Waals surface area contributed by atoms with E-state index in [9.17, 15) is 15.0 Å². The first kappa shape index (κ1) is 23.1. The van der Waals surface area contributed by atoms with Gasteiger partial charge in [-0.2, -0.15) is 0 Å². The van der Waals surface area contributed by atoms with Crippen LogP contribution in [-0.2, 0) is 21.4 Å².